The van der Waals surface area contributed by atoms with E-state index in [0.29, 0.717) is 5.82 Å². The maximum absolute atomic E-state index is 5.24. The first kappa shape index (κ1) is 31.5. The van der Waals surface area contributed by atoms with Crippen LogP contribution in [-0.4, -0.2) is 15.0 Å². The van der Waals surface area contributed by atoms with Gasteiger partial charge in [0, 0.05) is 28.5 Å². The topological polar surface area (TPSA) is 38.7 Å². The number of pyridine rings is 1. The highest BCUT2D eigenvalue weighted by Crippen LogP contribution is 2.45. The Morgan fingerprint density at radius 1 is 0.296 bits per heavy atom. The Bertz CT molecular complexity index is 2930. The second kappa shape index (κ2) is 13.4. The molecule has 0 amide bonds. The summed E-state index contributed by atoms with van der Waals surface area (Å²) in [5.74, 6) is 0.678. The van der Waals surface area contributed by atoms with Crippen molar-refractivity contribution in [3.05, 3.63) is 200 Å². The quantitative estimate of drug-likeness (QED) is 0.163. The number of nitrogens with zero attached hydrogens (tertiary/aromatic N) is 3. The molecule has 10 rings (SSSR count). The van der Waals surface area contributed by atoms with Gasteiger partial charge in [0.15, 0.2) is 5.82 Å². The van der Waals surface area contributed by atoms with Crippen molar-refractivity contribution in [1.29, 1.82) is 0 Å². The molecule has 0 aliphatic carbocycles. The second-order valence-electron chi connectivity index (χ2n) is 13.6. The van der Waals surface area contributed by atoms with Crippen molar-refractivity contribution >= 4 is 32.3 Å². The first-order valence-corrected chi connectivity index (χ1v) is 18.3. The predicted molar refractivity (Wildman–Crippen MR) is 225 cm³/mol. The van der Waals surface area contributed by atoms with Crippen LogP contribution in [0.4, 0.5) is 0 Å². The molecule has 2 heterocycles. The summed E-state index contributed by atoms with van der Waals surface area (Å²) in [5, 5.41) is 7.36. The molecular formula is C51H33N3. The fourth-order valence-electron chi connectivity index (χ4n) is 7.84. The monoisotopic (exact) mass is 687 g/mol. The molecule has 0 saturated heterocycles. The molecule has 0 atom stereocenters. The maximum atomic E-state index is 5.24. The molecular weight excluding hydrogens is 655 g/mol. The fraction of sp³-hybridized carbons (Fsp3) is 0. The van der Waals surface area contributed by atoms with E-state index in [2.05, 4.69) is 175 Å². The summed E-state index contributed by atoms with van der Waals surface area (Å²) in [6.07, 6.45) is 1.83. The molecule has 0 saturated carbocycles. The summed E-state index contributed by atoms with van der Waals surface area (Å²) >= 11 is 0. The second-order valence-corrected chi connectivity index (χ2v) is 13.6. The van der Waals surface area contributed by atoms with Crippen molar-refractivity contribution in [3.63, 3.8) is 0 Å². The zero-order valence-electron chi connectivity index (χ0n) is 29.4. The minimum Gasteiger partial charge on any atom is -0.256 e. The van der Waals surface area contributed by atoms with Crippen LogP contribution in [0, 0.1) is 0 Å². The van der Waals surface area contributed by atoms with E-state index in [1.54, 1.807) is 0 Å². The highest BCUT2D eigenvalue weighted by atomic mass is 14.9. The summed E-state index contributed by atoms with van der Waals surface area (Å²) in [4.78, 5) is 15.0. The van der Waals surface area contributed by atoms with E-state index in [1.807, 2.05) is 30.5 Å². The van der Waals surface area contributed by atoms with Crippen molar-refractivity contribution < 1.29 is 0 Å². The summed E-state index contributed by atoms with van der Waals surface area (Å²) in [7, 11) is 0. The van der Waals surface area contributed by atoms with E-state index in [9.17, 15) is 0 Å². The molecule has 0 aliphatic heterocycles. The molecule has 3 heteroatoms. The smallest absolute Gasteiger partial charge is 0.160 e. The Hall–Kier alpha value is -7.23. The van der Waals surface area contributed by atoms with Gasteiger partial charge in [-0.1, -0.05) is 164 Å². The third-order valence-corrected chi connectivity index (χ3v) is 10.3. The van der Waals surface area contributed by atoms with E-state index in [-0.39, 0.29) is 0 Å². The highest BCUT2D eigenvalue weighted by Gasteiger charge is 2.19. The zero-order chi connectivity index (χ0) is 35.8. The van der Waals surface area contributed by atoms with Gasteiger partial charge in [0.2, 0.25) is 0 Å². The van der Waals surface area contributed by atoms with Crippen LogP contribution < -0.4 is 0 Å². The third kappa shape index (κ3) is 5.60. The zero-order valence-corrected chi connectivity index (χ0v) is 29.4. The minimum absolute atomic E-state index is 0.678. The molecule has 0 fully saturated rings. The van der Waals surface area contributed by atoms with Gasteiger partial charge in [-0.25, -0.2) is 9.97 Å². The molecule has 8 aromatic carbocycles. The Labute approximate surface area is 313 Å². The lowest BCUT2D eigenvalue weighted by Crippen LogP contribution is -1.97. The average Bonchev–Trinajstić information content (AvgIpc) is 3.26. The first-order valence-electron chi connectivity index (χ1n) is 18.3. The molecule has 0 N–H and O–H groups in total. The summed E-state index contributed by atoms with van der Waals surface area (Å²) in [6, 6.07) is 68.5. The predicted octanol–water partition coefficient (Wildman–Crippen LogP) is 13.3. The van der Waals surface area contributed by atoms with Gasteiger partial charge in [0.1, 0.15) is 0 Å². The molecule has 0 radical (unpaired) electrons. The van der Waals surface area contributed by atoms with E-state index in [0.717, 1.165) is 44.9 Å². The Balaban J connectivity index is 1.17. The molecule has 10 aromatic rings. The van der Waals surface area contributed by atoms with Crippen LogP contribution in [0.25, 0.3) is 99.7 Å². The molecule has 252 valence electrons. The Morgan fingerprint density at radius 2 is 0.796 bits per heavy atom. The van der Waals surface area contributed by atoms with Crippen LogP contribution in [0.1, 0.15) is 0 Å². The Morgan fingerprint density at radius 3 is 1.50 bits per heavy atom. The molecule has 0 bridgehead atoms. The van der Waals surface area contributed by atoms with Crippen LogP contribution in [0.2, 0.25) is 0 Å². The number of benzene rings is 8. The lowest BCUT2D eigenvalue weighted by Gasteiger charge is -2.19. The van der Waals surface area contributed by atoms with Crippen LogP contribution in [0.15, 0.2) is 200 Å². The van der Waals surface area contributed by atoms with Crippen LogP contribution >= 0.6 is 0 Å². The Kier molecular flexibility index (Phi) is 7.81. The highest BCUT2D eigenvalue weighted by molar-refractivity contribution is 6.23. The van der Waals surface area contributed by atoms with Crippen LogP contribution in [-0.2, 0) is 0 Å². The van der Waals surface area contributed by atoms with Crippen molar-refractivity contribution in [3.8, 4) is 67.4 Å². The third-order valence-electron chi connectivity index (χ3n) is 10.3. The number of fused-ring (bicyclic) bond motifs is 3. The van der Waals surface area contributed by atoms with Crippen LogP contribution in [0.5, 0.6) is 0 Å². The van der Waals surface area contributed by atoms with Gasteiger partial charge >= 0.3 is 0 Å². The normalized spacial score (nSPS) is 11.3. The SMILES string of the molecule is c1ccc(-c2cc(-c3cccc(-c4ccccn4)c3)nc(-c3cccc(-c4c5ccccc5c(-c5cccc6ccccc56)c5ccccc45)c3)n2)cc1. The standard InChI is InChI=1S/C51H33N3/c1-2-16-35(17-3-1)47-33-48(37-20-12-19-36(31-37)46-29-10-11-30-52-46)54-51(53-47)39-22-13-21-38(32-39)49-42-24-6-8-26-44(42)50(45-27-9-7-25-43(45)49)41-28-14-18-34-15-4-5-23-40(34)41/h1-33H. The summed E-state index contributed by atoms with van der Waals surface area (Å²) in [6.45, 7) is 0. The molecule has 0 unspecified atom stereocenters. The largest absolute Gasteiger partial charge is 0.256 e. The van der Waals surface area contributed by atoms with Crippen molar-refractivity contribution in [1.82, 2.24) is 15.0 Å². The van der Waals surface area contributed by atoms with Gasteiger partial charge < -0.3 is 0 Å². The molecule has 3 nitrogen and oxygen atoms in total. The van der Waals surface area contributed by atoms with Gasteiger partial charge in [0.25, 0.3) is 0 Å². The summed E-state index contributed by atoms with van der Waals surface area (Å²) in [5.41, 5.74) is 11.5. The lowest BCUT2D eigenvalue weighted by atomic mass is 9.84. The van der Waals surface area contributed by atoms with Crippen LogP contribution in [0.3, 0.4) is 0 Å². The fourth-order valence-corrected chi connectivity index (χ4v) is 7.84. The molecule has 0 aliphatic rings. The van der Waals surface area contributed by atoms with Gasteiger partial charge in [-0.15, -0.1) is 0 Å². The van der Waals surface area contributed by atoms with Crippen molar-refractivity contribution in [2.45, 2.75) is 0 Å². The lowest BCUT2D eigenvalue weighted by molar-refractivity contribution is 1.18. The first-order chi connectivity index (χ1) is 26.8. The van der Waals surface area contributed by atoms with E-state index < -0.39 is 0 Å². The number of hydrogen-bond acceptors (Lipinski definition) is 3. The van der Waals surface area contributed by atoms with Gasteiger partial charge in [0.05, 0.1) is 17.1 Å². The van der Waals surface area contributed by atoms with Gasteiger partial charge in [-0.3, -0.25) is 4.98 Å². The molecule has 54 heavy (non-hydrogen) atoms. The van der Waals surface area contributed by atoms with Gasteiger partial charge in [-0.05, 0) is 84.9 Å². The van der Waals surface area contributed by atoms with E-state index in [4.69, 9.17) is 9.97 Å². The number of hydrogen-bond donors (Lipinski definition) is 0. The maximum Gasteiger partial charge on any atom is 0.160 e. The van der Waals surface area contributed by atoms with E-state index in [1.165, 1.54) is 49.0 Å². The van der Waals surface area contributed by atoms with Gasteiger partial charge in [-0.2, -0.15) is 0 Å². The van der Waals surface area contributed by atoms with E-state index >= 15 is 0 Å². The molecule has 2 aromatic heterocycles. The van der Waals surface area contributed by atoms with Crippen molar-refractivity contribution in [2.24, 2.45) is 0 Å². The van der Waals surface area contributed by atoms with Crippen molar-refractivity contribution in [2.75, 3.05) is 0 Å². The minimum atomic E-state index is 0.678. The average molecular weight is 688 g/mol. The number of rotatable bonds is 6. The number of aromatic nitrogens is 3. The summed E-state index contributed by atoms with van der Waals surface area (Å²) < 4.78 is 0. The molecule has 0 spiro atoms.